The SMILES string of the molecule is Cc1ccc(C2(O)CC3CCC(C2)N3CCCC(=O)c2ccc(F)cc2)cc1. The van der Waals surface area contributed by atoms with E-state index in [2.05, 4.69) is 36.1 Å². The van der Waals surface area contributed by atoms with E-state index in [1.54, 1.807) is 12.1 Å². The quantitative estimate of drug-likeness (QED) is 0.743. The van der Waals surface area contributed by atoms with Gasteiger partial charge in [0.25, 0.3) is 0 Å². The van der Waals surface area contributed by atoms with Crippen LogP contribution < -0.4 is 0 Å². The molecule has 0 radical (unpaired) electrons. The summed E-state index contributed by atoms with van der Waals surface area (Å²) in [4.78, 5) is 14.8. The van der Waals surface area contributed by atoms with E-state index in [0.29, 0.717) is 24.1 Å². The molecule has 0 aliphatic carbocycles. The first-order valence-corrected chi connectivity index (χ1v) is 10.3. The van der Waals surface area contributed by atoms with Gasteiger partial charge in [-0.3, -0.25) is 9.69 Å². The first kappa shape index (κ1) is 19.3. The number of rotatable bonds is 6. The van der Waals surface area contributed by atoms with Crippen LogP contribution >= 0.6 is 0 Å². The zero-order chi connectivity index (χ0) is 19.7. The molecule has 4 heteroatoms. The number of Topliss-reactive ketones (excluding diaryl/α,β-unsaturated/α-hetero) is 1. The summed E-state index contributed by atoms with van der Waals surface area (Å²) in [6.45, 7) is 2.94. The Morgan fingerprint density at radius 2 is 1.68 bits per heavy atom. The van der Waals surface area contributed by atoms with Gasteiger partial charge in [-0.25, -0.2) is 4.39 Å². The fraction of sp³-hybridized carbons (Fsp3) is 0.458. The van der Waals surface area contributed by atoms with Gasteiger partial charge in [0.15, 0.2) is 5.78 Å². The van der Waals surface area contributed by atoms with Gasteiger partial charge in [0.05, 0.1) is 5.60 Å². The standard InChI is InChI=1S/C24H28FNO2/c1-17-4-8-19(9-5-17)24(28)15-21-12-13-22(16-24)26(21)14-2-3-23(27)18-6-10-20(25)11-7-18/h4-11,21-22,28H,2-3,12-16H2,1H3. The predicted octanol–water partition coefficient (Wildman–Crippen LogP) is 4.61. The van der Waals surface area contributed by atoms with Crippen molar-refractivity contribution in [1.82, 2.24) is 4.90 Å². The Labute approximate surface area is 166 Å². The Morgan fingerprint density at radius 1 is 1.07 bits per heavy atom. The van der Waals surface area contributed by atoms with Gasteiger partial charge in [-0.1, -0.05) is 29.8 Å². The summed E-state index contributed by atoms with van der Waals surface area (Å²) >= 11 is 0. The van der Waals surface area contributed by atoms with Gasteiger partial charge in [0.1, 0.15) is 5.82 Å². The van der Waals surface area contributed by atoms with Gasteiger partial charge in [0, 0.05) is 24.1 Å². The molecule has 2 bridgehead atoms. The highest BCUT2D eigenvalue weighted by atomic mass is 19.1. The van der Waals surface area contributed by atoms with Gasteiger partial charge >= 0.3 is 0 Å². The lowest BCUT2D eigenvalue weighted by molar-refractivity contribution is -0.0570. The van der Waals surface area contributed by atoms with Gasteiger partial charge < -0.3 is 5.11 Å². The van der Waals surface area contributed by atoms with Crippen molar-refractivity contribution in [3.05, 3.63) is 71.0 Å². The van der Waals surface area contributed by atoms with E-state index in [0.717, 1.165) is 44.2 Å². The third kappa shape index (κ3) is 3.89. The molecule has 28 heavy (non-hydrogen) atoms. The molecule has 4 rings (SSSR count). The minimum atomic E-state index is -0.736. The van der Waals surface area contributed by atoms with E-state index in [1.165, 1.54) is 17.7 Å². The molecule has 1 N–H and O–H groups in total. The Morgan fingerprint density at radius 3 is 2.29 bits per heavy atom. The number of fused-ring (bicyclic) bond motifs is 2. The van der Waals surface area contributed by atoms with Crippen LogP contribution in [-0.2, 0) is 5.60 Å². The lowest BCUT2D eigenvalue weighted by Gasteiger charge is -2.44. The van der Waals surface area contributed by atoms with Crippen molar-refractivity contribution in [2.24, 2.45) is 0 Å². The number of nitrogens with zero attached hydrogens (tertiary/aromatic N) is 1. The molecule has 0 saturated carbocycles. The van der Waals surface area contributed by atoms with Crippen molar-refractivity contribution in [2.75, 3.05) is 6.54 Å². The van der Waals surface area contributed by atoms with Crippen LogP contribution in [-0.4, -0.2) is 34.4 Å². The molecule has 3 nitrogen and oxygen atoms in total. The number of carbonyl (C=O) groups is 1. The molecule has 148 valence electrons. The van der Waals surface area contributed by atoms with Crippen LogP contribution in [0.15, 0.2) is 48.5 Å². The highest BCUT2D eigenvalue weighted by molar-refractivity contribution is 5.95. The number of hydrogen-bond acceptors (Lipinski definition) is 3. The molecule has 2 fully saturated rings. The summed E-state index contributed by atoms with van der Waals surface area (Å²) in [5, 5.41) is 11.3. The molecule has 2 saturated heterocycles. The number of ketones is 1. The van der Waals surface area contributed by atoms with Crippen molar-refractivity contribution in [1.29, 1.82) is 0 Å². The van der Waals surface area contributed by atoms with Crippen LogP contribution in [0.4, 0.5) is 4.39 Å². The number of carbonyl (C=O) groups excluding carboxylic acids is 1. The van der Waals surface area contributed by atoms with E-state index in [9.17, 15) is 14.3 Å². The summed E-state index contributed by atoms with van der Waals surface area (Å²) < 4.78 is 13.0. The fourth-order valence-electron chi connectivity index (χ4n) is 4.98. The second-order valence-electron chi connectivity index (χ2n) is 8.46. The van der Waals surface area contributed by atoms with Crippen LogP contribution in [0.2, 0.25) is 0 Å². The molecule has 2 aliphatic rings. The molecule has 2 aliphatic heterocycles. The van der Waals surface area contributed by atoms with Crippen LogP contribution in [0.25, 0.3) is 0 Å². The van der Waals surface area contributed by atoms with E-state index in [4.69, 9.17) is 0 Å². The number of halogens is 1. The summed E-state index contributed by atoms with van der Waals surface area (Å²) in [5.74, 6) is -0.247. The molecule has 2 heterocycles. The molecule has 2 aromatic carbocycles. The molecule has 0 aromatic heterocycles. The maximum Gasteiger partial charge on any atom is 0.162 e. The summed E-state index contributed by atoms with van der Waals surface area (Å²) in [5.41, 5.74) is 2.08. The Kier molecular flexibility index (Phi) is 5.35. The number of benzene rings is 2. The topological polar surface area (TPSA) is 40.5 Å². The molecular weight excluding hydrogens is 353 g/mol. The first-order valence-electron chi connectivity index (χ1n) is 10.3. The van der Waals surface area contributed by atoms with E-state index >= 15 is 0 Å². The number of piperidine rings is 1. The first-order chi connectivity index (χ1) is 13.4. The van der Waals surface area contributed by atoms with Gasteiger partial charge in [0.2, 0.25) is 0 Å². The Balaban J connectivity index is 1.34. The zero-order valence-electron chi connectivity index (χ0n) is 16.4. The second-order valence-corrected chi connectivity index (χ2v) is 8.46. The lowest BCUT2D eigenvalue weighted by atomic mass is 9.80. The van der Waals surface area contributed by atoms with Crippen LogP contribution in [0.5, 0.6) is 0 Å². The summed E-state index contributed by atoms with van der Waals surface area (Å²) in [6.07, 6.45) is 5.03. The second kappa shape index (κ2) is 7.76. The van der Waals surface area contributed by atoms with E-state index in [-0.39, 0.29) is 11.6 Å². The predicted molar refractivity (Wildman–Crippen MR) is 108 cm³/mol. The number of hydrogen-bond donors (Lipinski definition) is 1. The van der Waals surface area contributed by atoms with Crippen molar-refractivity contribution < 1.29 is 14.3 Å². The minimum absolute atomic E-state index is 0.0699. The molecule has 0 amide bonds. The third-order valence-electron chi connectivity index (χ3n) is 6.49. The molecule has 2 aromatic rings. The van der Waals surface area contributed by atoms with Crippen molar-refractivity contribution in [3.8, 4) is 0 Å². The monoisotopic (exact) mass is 381 g/mol. The van der Waals surface area contributed by atoms with Gasteiger partial charge in [-0.15, -0.1) is 0 Å². The third-order valence-corrected chi connectivity index (χ3v) is 6.49. The highest BCUT2D eigenvalue weighted by Gasteiger charge is 2.47. The highest BCUT2D eigenvalue weighted by Crippen LogP contribution is 2.45. The molecule has 0 spiro atoms. The van der Waals surface area contributed by atoms with Crippen molar-refractivity contribution >= 4 is 5.78 Å². The van der Waals surface area contributed by atoms with E-state index < -0.39 is 5.60 Å². The summed E-state index contributed by atoms with van der Waals surface area (Å²) in [6, 6.07) is 14.8. The Hall–Kier alpha value is -2.04. The largest absolute Gasteiger partial charge is 0.385 e. The minimum Gasteiger partial charge on any atom is -0.385 e. The molecule has 2 atom stereocenters. The Bertz CT molecular complexity index is 817. The normalized spacial score (nSPS) is 27.1. The van der Waals surface area contributed by atoms with Crippen molar-refractivity contribution in [3.63, 3.8) is 0 Å². The molecular formula is C24H28FNO2. The summed E-state index contributed by atoms with van der Waals surface area (Å²) in [7, 11) is 0. The van der Waals surface area contributed by atoms with Crippen LogP contribution in [0.1, 0.15) is 60.0 Å². The average molecular weight is 381 g/mol. The van der Waals surface area contributed by atoms with Gasteiger partial charge in [-0.05, 0) is 75.4 Å². The molecule has 2 unspecified atom stereocenters. The van der Waals surface area contributed by atoms with Gasteiger partial charge in [-0.2, -0.15) is 0 Å². The number of aliphatic hydroxyl groups is 1. The zero-order valence-corrected chi connectivity index (χ0v) is 16.4. The van der Waals surface area contributed by atoms with Crippen LogP contribution in [0, 0.1) is 12.7 Å². The fourth-order valence-corrected chi connectivity index (χ4v) is 4.98. The lowest BCUT2D eigenvalue weighted by Crippen LogP contribution is -2.49. The van der Waals surface area contributed by atoms with E-state index in [1.807, 2.05) is 0 Å². The average Bonchev–Trinajstić information content (AvgIpc) is 2.93. The number of aryl methyl sites for hydroxylation is 1. The maximum absolute atomic E-state index is 13.0. The van der Waals surface area contributed by atoms with Crippen molar-refractivity contribution in [2.45, 2.75) is 63.1 Å². The maximum atomic E-state index is 13.0. The smallest absolute Gasteiger partial charge is 0.162 e. The van der Waals surface area contributed by atoms with Crippen LogP contribution in [0.3, 0.4) is 0 Å².